The van der Waals surface area contributed by atoms with E-state index in [9.17, 15) is 9.59 Å². The molecule has 152 valence electrons. The number of hydrogen-bond donors (Lipinski definition) is 1. The van der Waals surface area contributed by atoms with E-state index in [4.69, 9.17) is 14.2 Å². The fourth-order valence-corrected chi connectivity index (χ4v) is 4.42. The van der Waals surface area contributed by atoms with Gasteiger partial charge >= 0.3 is 0 Å². The maximum Gasteiger partial charge on any atom is 0.290 e. The maximum atomic E-state index is 11.9. The van der Waals surface area contributed by atoms with Gasteiger partial charge in [0.05, 0.1) is 11.4 Å². The summed E-state index contributed by atoms with van der Waals surface area (Å²) in [6.45, 7) is 1.28. The van der Waals surface area contributed by atoms with Crippen molar-refractivity contribution in [1.29, 1.82) is 0 Å². The Bertz CT molecular complexity index is 1220. The van der Waals surface area contributed by atoms with Crippen LogP contribution in [0.25, 0.3) is 17.0 Å². The average Bonchev–Trinajstić information content (AvgIpc) is 3.40. The molecule has 3 aromatic rings. The second-order valence-electron chi connectivity index (χ2n) is 6.66. The molecule has 3 heterocycles. The van der Waals surface area contributed by atoms with Crippen molar-refractivity contribution in [2.45, 2.75) is 6.54 Å². The third kappa shape index (κ3) is 3.66. The number of fused-ring (bicyclic) bond motifs is 2. The fourth-order valence-electron chi connectivity index (χ4n) is 3.39. The first-order valence-electron chi connectivity index (χ1n) is 9.12. The number of aromatic nitrogens is 1. The predicted molar refractivity (Wildman–Crippen MR) is 117 cm³/mol. The summed E-state index contributed by atoms with van der Waals surface area (Å²) in [4.78, 5) is 23.8. The molecular weight excluding hydrogens is 472 g/mol. The zero-order valence-corrected chi connectivity index (χ0v) is 17.9. The Balaban J connectivity index is 1.38. The lowest BCUT2D eigenvalue weighted by molar-refractivity contribution is -0.115. The molecule has 30 heavy (non-hydrogen) atoms. The van der Waals surface area contributed by atoms with Crippen molar-refractivity contribution in [3.63, 3.8) is 0 Å². The van der Waals surface area contributed by atoms with E-state index >= 15 is 0 Å². The monoisotopic (exact) mass is 486 g/mol. The van der Waals surface area contributed by atoms with E-state index in [0.717, 1.165) is 32.7 Å². The number of thioether (sulfide) groups is 1. The number of carbonyl (C=O) groups is 2. The fraction of sp³-hybridized carbons (Fsp3) is 0.143. The van der Waals surface area contributed by atoms with Crippen LogP contribution in [0, 0.1) is 0 Å². The highest BCUT2D eigenvalue weighted by Crippen LogP contribution is 2.35. The third-order valence-electron chi connectivity index (χ3n) is 4.75. The van der Waals surface area contributed by atoms with Crippen molar-refractivity contribution in [3.8, 4) is 17.2 Å². The first-order chi connectivity index (χ1) is 14.6. The Hall–Kier alpha value is -2.91. The van der Waals surface area contributed by atoms with Crippen molar-refractivity contribution < 1.29 is 23.8 Å². The summed E-state index contributed by atoms with van der Waals surface area (Å²) in [6, 6.07) is 11.5. The Kier molecular flexibility index (Phi) is 4.92. The normalized spacial score (nSPS) is 16.5. The number of halogens is 1. The molecule has 0 aliphatic carbocycles. The molecule has 1 fully saturated rings. The molecular formula is C21H15BrN2O5S. The second-order valence-corrected chi connectivity index (χ2v) is 8.59. The lowest BCUT2D eigenvalue weighted by Gasteiger charge is -2.09. The van der Waals surface area contributed by atoms with Gasteiger partial charge in [0, 0.05) is 33.2 Å². The lowest BCUT2D eigenvalue weighted by Crippen LogP contribution is -2.17. The highest BCUT2D eigenvalue weighted by atomic mass is 79.9. The molecule has 0 spiro atoms. The highest BCUT2D eigenvalue weighted by Gasteiger charge is 2.25. The van der Waals surface area contributed by atoms with E-state index in [1.165, 1.54) is 0 Å². The SMILES string of the molecule is O=C1NC(=O)/C(=C/c2cn(CCOc3ccc4c(c3)OCO4)c3ccc(Br)cc23)S1. The minimum Gasteiger partial charge on any atom is -0.492 e. The van der Waals surface area contributed by atoms with Gasteiger partial charge in [-0.1, -0.05) is 15.9 Å². The van der Waals surface area contributed by atoms with Crippen molar-refractivity contribution in [3.05, 3.63) is 57.5 Å². The van der Waals surface area contributed by atoms with Gasteiger partial charge in [0.1, 0.15) is 12.4 Å². The Morgan fingerprint density at radius 1 is 1.17 bits per heavy atom. The number of imide groups is 1. The molecule has 9 heteroatoms. The molecule has 1 aromatic heterocycles. The molecule has 0 saturated carbocycles. The van der Waals surface area contributed by atoms with E-state index < -0.39 is 0 Å². The molecule has 2 amide bonds. The Morgan fingerprint density at radius 2 is 2.03 bits per heavy atom. The number of benzene rings is 2. The molecule has 0 atom stereocenters. The number of amides is 2. The molecule has 2 aliphatic rings. The van der Waals surface area contributed by atoms with Gasteiger partial charge < -0.3 is 18.8 Å². The zero-order valence-electron chi connectivity index (χ0n) is 15.5. The maximum absolute atomic E-state index is 11.9. The average molecular weight is 487 g/mol. The van der Waals surface area contributed by atoms with Crippen LogP contribution in [-0.2, 0) is 11.3 Å². The van der Waals surface area contributed by atoms with Gasteiger partial charge in [-0.2, -0.15) is 0 Å². The van der Waals surface area contributed by atoms with Crippen molar-refractivity contribution >= 4 is 55.8 Å². The summed E-state index contributed by atoms with van der Waals surface area (Å²) >= 11 is 4.41. The van der Waals surface area contributed by atoms with E-state index in [1.54, 1.807) is 6.08 Å². The summed E-state index contributed by atoms with van der Waals surface area (Å²) in [5.74, 6) is 1.74. The molecule has 7 nitrogen and oxygen atoms in total. The summed E-state index contributed by atoms with van der Waals surface area (Å²) < 4.78 is 19.6. The molecule has 5 rings (SSSR count). The van der Waals surface area contributed by atoms with Gasteiger partial charge in [0.2, 0.25) is 6.79 Å². The summed E-state index contributed by atoms with van der Waals surface area (Å²) in [5, 5.41) is 2.91. The summed E-state index contributed by atoms with van der Waals surface area (Å²) in [6.07, 6.45) is 3.71. The predicted octanol–water partition coefficient (Wildman–Crippen LogP) is 4.54. The molecule has 0 radical (unpaired) electrons. The van der Waals surface area contributed by atoms with Gasteiger partial charge in [0.15, 0.2) is 11.5 Å². The van der Waals surface area contributed by atoms with Crippen LogP contribution in [-0.4, -0.2) is 29.1 Å². The van der Waals surface area contributed by atoms with Crippen LogP contribution in [0.15, 0.2) is 52.0 Å². The van der Waals surface area contributed by atoms with Crippen LogP contribution in [0.4, 0.5) is 4.79 Å². The topological polar surface area (TPSA) is 78.8 Å². The molecule has 2 aromatic carbocycles. The molecule has 1 N–H and O–H groups in total. The largest absolute Gasteiger partial charge is 0.492 e. The first-order valence-corrected chi connectivity index (χ1v) is 10.7. The third-order valence-corrected chi connectivity index (χ3v) is 6.05. The quantitative estimate of drug-likeness (QED) is 0.533. The van der Waals surface area contributed by atoms with Crippen LogP contribution >= 0.6 is 27.7 Å². The number of carbonyl (C=O) groups excluding carboxylic acids is 2. The van der Waals surface area contributed by atoms with E-state index in [1.807, 2.05) is 42.6 Å². The molecule has 2 aliphatic heterocycles. The smallest absolute Gasteiger partial charge is 0.290 e. The minimum absolute atomic E-state index is 0.226. The Labute approximate surface area is 184 Å². The van der Waals surface area contributed by atoms with Crippen molar-refractivity contribution in [2.24, 2.45) is 0 Å². The van der Waals surface area contributed by atoms with Crippen molar-refractivity contribution in [1.82, 2.24) is 9.88 Å². The first kappa shape index (κ1) is 19.1. The second kappa shape index (κ2) is 7.73. The molecule has 0 bridgehead atoms. The van der Waals surface area contributed by atoms with E-state index in [-0.39, 0.29) is 17.9 Å². The standard InChI is InChI=1S/C21H15BrN2O5S/c22-13-1-3-16-15(8-13)12(7-19-20(25)23-21(26)30-19)10-24(16)5-6-27-14-2-4-17-18(9-14)29-11-28-17/h1-4,7-10H,5-6,11H2,(H,23,25,26)/b19-7-. The zero-order chi connectivity index (χ0) is 20.7. The number of nitrogens with zero attached hydrogens (tertiary/aromatic N) is 1. The van der Waals surface area contributed by atoms with Gasteiger partial charge in [0.25, 0.3) is 11.1 Å². The van der Waals surface area contributed by atoms with Gasteiger partial charge in [-0.15, -0.1) is 0 Å². The number of hydrogen-bond acceptors (Lipinski definition) is 6. The molecule has 0 unspecified atom stereocenters. The minimum atomic E-state index is -0.368. The van der Waals surface area contributed by atoms with Crippen LogP contribution in [0.3, 0.4) is 0 Å². The van der Waals surface area contributed by atoms with Gasteiger partial charge in [-0.05, 0) is 48.2 Å². The lowest BCUT2D eigenvalue weighted by atomic mass is 10.1. The van der Waals surface area contributed by atoms with Gasteiger partial charge in [-0.25, -0.2) is 0 Å². The number of nitrogens with one attached hydrogen (secondary N) is 1. The number of rotatable bonds is 5. The molecule has 1 saturated heterocycles. The Morgan fingerprint density at radius 3 is 2.87 bits per heavy atom. The van der Waals surface area contributed by atoms with Crippen molar-refractivity contribution in [2.75, 3.05) is 13.4 Å². The van der Waals surface area contributed by atoms with Crippen LogP contribution in [0.1, 0.15) is 5.56 Å². The number of ether oxygens (including phenoxy) is 3. The van der Waals surface area contributed by atoms with E-state index in [2.05, 4.69) is 25.8 Å². The van der Waals surface area contributed by atoms with E-state index in [0.29, 0.717) is 35.3 Å². The van der Waals surface area contributed by atoms with Crippen LogP contribution in [0.5, 0.6) is 17.2 Å². The van der Waals surface area contributed by atoms with Crippen LogP contribution in [0.2, 0.25) is 0 Å². The summed E-state index contributed by atoms with van der Waals surface area (Å²) in [5.41, 5.74) is 1.87. The highest BCUT2D eigenvalue weighted by molar-refractivity contribution is 9.10. The van der Waals surface area contributed by atoms with Gasteiger partial charge in [-0.3, -0.25) is 14.9 Å². The van der Waals surface area contributed by atoms with Crippen LogP contribution < -0.4 is 19.5 Å². The summed E-state index contributed by atoms with van der Waals surface area (Å²) in [7, 11) is 0.